The van der Waals surface area contributed by atoms with Crippen LogP contribution in [0.1, 0.15) is 37.3 Å². The normalized spacial score (nSPS) is 33.4. The number of piperidine rings is 1. The molecule has 4 atom stereocenters. The predicted molar refractivity (Wildman–Crippen MR) is 92.7 cm³/mol. The molecule has 2 fully saturated rings. The third-order valence-electron chi connectivity index (χ3n) is 6.82. The van der Waals surface area contributed by atoms with Crippen LogP contribution in [-0.4, -0.2) is 49.2 Å². The lowest BCUT2D eigenvalue weighted by atomic mass is 9.51. The SMILES string of the molecule is CCOC(=O)N1CCC23c4c5ccc(OC)c4OC2C(=O)CCC3C1C5. The summed E-state index contributed by atoms with van der Waals surface area (Å²) in [6.45, 7) is 2.81. The first-order valence-electron chi connectivity index (χ1n) is 9.45. The van der Waals surface area contributed by atoms with Gasteiger partial charge < -0.3 is 19.1 Å². The van der Waals surface area contributed by atoms with Gasteiger partial charge in [0.25, 0.3) is 0 Å². The molecule has 1 saturated heterocycles. The molecule has 1 saturated carbocycles. The molecule has 2 heterocycles. The number of hydrogen-bond acceptors (Lipinski definition) is 5. The smallest absolute Gasteiger partial charge is 0.410 e. The van der Waals surface area contributed by atoms with E-state index >= 15 is 0 Å². The Hall–Kier alpha value is -2.24. The van der Waals surface area contributed by atoms with E-state index in [2.05, 4.69) is 6.07 Å². The monoisotopic (exact) mass is 357 g/mol. The van der Waals surface area contributed by atoms with E-state index in [1.807, 2.05) is 17.9 Å². The summed E-state index contributed by atoms with van der Waals surface area (Å²) in [4.78, 5) is 27.2. The number of ether oxygens (including phenoxy) is 3. The lowest BCUT2D eigenvalue weighted by molar-refractivity contribution is -0.137. The van der Waals surface area contributed by atoms with E-state index in [9.17, 15) is 9.59 Å². The minimum Gasteiger partial charge on any atom is -0.493 e. The van der Waals surface area contributed by atoms with Gasteiger partial charge in [-0.2, -0.15) is 0 Å². The first-order valence-corrected chi connectivity index (χ1v) is 9.45. The van der Waals surface area contributed by atoms with Crippen molar-refractivity contribution < 1.29 is 23.8 Å². The zero-order valence-electron chi connectivity index (χ0n) is 15.1. The summed E-state index contributed by atoms with van der Waals surface area (Å²) >= 11 is 0. The third kappa shape index (κ3) is 1.77. The van der Waals surface area contributed by atoms with E-state index in [-0.39, 0.29) is 29.3 Å². The largest absolute Gasteiger partial charge is 0.493 e. The molecule has 1 spiro atoms. The van der Waals surface area contributed by atoms with Crippen LogP contribution in [0, 0.1) is 5.92 Å². The number of amides is 1. The second kappa shape index (κ2) is 5.38. The number of likely N-dealkylation sites (tertiary alicyclic amines) is 1. The van der Waals surface area contributed by atoms with Crippen LogP contribution in [0.2, 0.25) is 0 Å². The Bertz CT molecular complexity index is 806. The number of Topliss-reactive ketones (excluding diaryl/α,β-unsaturated/α-hetero) is 1. The standard InChI is InChI=1S/C20H23NO5/c1-3-25-19(23)21-9-8-20-12-5-6-14(22)18(20)26-17-15(24-2)7-4-11(16(17)20)10-13(12)21/h4,7,12-13,18H,3,5-6,8-10H2,1-2H3. The van der Waals surface area contributed by atoms with Crippen molar-refractivity contribution in [2.45, 2.75) is 50.2 Å². The number of hydrogen-bond donors (Lipinski definition) is 0. The highest BCUT2D eigenvalue weighted by molar-refractivity contribution is 5.89. The average molecular weight is 357 g/mol. The minimum atomic E-state index is -0.446. The second-order valence-electron chi connectivity index (χ2n) is 7.69. The first kappa shape index (κ1) is 16.0. The van der Waals surface area contributed by atoms with Gasteiger partial charge in [0.05, 0.1) is 19.1 Å². The highest BCUT2D eigenvalue weighted by Crippen LogP contribution is 2.63. The molecular weight excluding hydrogens is 334 g/mol. The van der Waals surface area contributed by atoms with Gasteiger partial charge in [-0.25, -0.2) is 4.79 Å². The molecule has 138 valence electrons. The molecule has 5 rings (SSSR count). The molecule has 26 heavy (non-hydrogen) atoms. The lowest BCUT2D eigenvalue weighted by Gasteiger charge is -2.57. The van der Waals surface area contributed by atoms with Gasteiger partial charge in [-0.05, 0) is 43.7 Å². The third-order valence-corrected chi connectivity index (χ3v) is 6.82. The molecule has 0 aromatic heterocycles. The molecule has 4 aliphatic rings. The Morgan fingerprint density at radius 1 is 1.42 bits per heavy atom. The fourth-order valence-corrected chi connectivity index (χ4v) is 5.91. The molecule has 1 amide bonds. The summed E-state index contributed by atoms with van der Waals surface area (Å²) in [6.07, 6.45) is 2.14. The first-order chi connectivity index (χ1) is 12.6. The van der Waals surface area contributed by atoms with Gasteiger partial charge in [0, 0.05) is 24.6 Å². The Labute approximate surface area is 152 Å². The number of benzene rings is 1. The average Bonchev–Trinajstić information content (AvgIpc) is 2.98. The number of nitrogens with zero attached hydrogens (tertiary/aromatic N) is 1. The number of ketones is 1. The molecular formula is C20H23NO5. The zero-order chi connectivity index (χ0) is 18.1. The maximum atomic E-state index is 12.8. The Morgan fingerprint density at radius 2 is 2.27 bits per heavy atom. The van der Waals surface area contributed by atoms with Crippen LogP contribution < -0.4 is 9.47 Å². The minimum absolute atomic E-state index is 0.0637. The van der Waals surface area contributed by atoms with E-state index in [4.69, 9.17) is 14.2 Å². The summed E-state index contributed by atoms with van der Waals surface area (Å²) in [5.74, 6) is 1.85. The fraction of sp³-hybridized carbons (Fsp3) is 0.600. The molecule has 1 aromatic rings. The van der Waals surface area contributed by atoms with Crippen LogP contribution in [0.4, 0.5) is 4.79 Å². The van der Waals surface area contributed by atoms with Gasteiger partial charge in [-0.1, -0.05) is 6.07 Å². The number of carbonyl (C=O) groups is 2. The summed E-state index contributed by atoms with van der Waals surface area (Å²) < 4.78 is 17.1. The van der Waals surface area contributed by atoms with Crippen molar-refractivity contribution in [3.8, 4) is 11.5 Å². The van der Waals surface area contributed by atoms with Gasteiger partial charge in [0.15, 0.2) is 23.4 Å². The van der Waals surface area contributed by atoms with Gasteiger partial charge in [-0.15, -0.1) is 0 Å². The number of rotatable bonds is 2. The van der Waals surface area contributed by atoms with Crippen molar-refractivity contribution in [3.63, 3.8) is 0 Å². The van der Waals surface area contributed by atoms with Gasteiger partial charge >= 0.3 is 6.09 Å². The van der Waals surface area contributed by atoms with Crippen LogP contribution in [0.3, 0.4) is 0 Å². The zero-order valence-corrected chi connectivity index (χ0v) is 15.1. The van der Waals surface area contributed by atoms with Crippen molar-refractivity contribution in [1.82, 2.24) is 4.90 Å². The molecule has 2 aliphatic carbocycles. The maximum absolute atomic E-state index is 12.8. The van der Waals surface area contributed by atoms with E-state index in [1.165, 1.54) is 11.1 Å². The van der Waals surface area contributed by atoms with E-state index < -0.39 is 6.10 Å². The molecule has 0 radical (unpaired) electrons. The van der Waals surface area contributed by atoms with Gasteiger partial charge in [0.1, 0.15) is 0 Å². The van der Waals surface area contributed by atoms with Crippen molar-refractivity contribution >= 4 is 11.9 Å². The predicted octanol–water partition coefficient (Wildman–Crippen LogP) is 2.46. The van der Waals surface area contributed by atoms with Crippen molar-refractivity contribution in [2.24, 2.45) is 5.92 Å². The molecule has 4 unspecified atom stereocenters. The van der Waals surface area contributed by atoms with Crippen LogP contribution in [-0.2, 0) is 21.4 Å². The highest BCUT2D eigenvalue weighted by Gasteiger charge is 2.66. The van der Waals surface area contributed by atoms with Crippen molar-refractivity contribution in [3.05, 3.63) is 23.3 Å². The van der Waals surface area contributed by atoms with Crippen molar-refractivity contribution in [1.29, 1.82) is 0 Å². The van der Waals surface area contributed by atoms with Gasteiger partial charge in [0.2, 0.25) is 0 Å². The Morgan fingerprint density at radius 3 is 3.04 bits per heavy atom. The molecule has 1 aromatic carbocycles. The number of carbonyl (C=O) groups excluding carboxylic acids is 2. The molecule has 2 aliphatic heterocycles. The number of methoxy groups -OCH3 is 1. The topological polar surface area (TPSA) is 65.1 Å². The summed E-state index contributed by atoms with van der Waals surface area (Å²) in [7, 11) is 1.63. The van der Waals surface area contributed by atoms with Crippen LogP contribution >= 0.6 is 0 Å². The quantitative estimate of drug-likeness (QED) is 0.813. The molecule has 0 N–H and O–H groups in total. The maximum Gasteiger partial charge on any atom is 0.410 e. The summed E-state index contributed by atoms with van der Waals surface area (Å²) in [5.41, 5.74) is 2.02. The molecule has 2 bridgehead atoms. The summed E-state index contributed by atoms with van der Waals surface area (Å²) in [5, 5.41) is 0. The van der Waals surface area contributed by atoms with E-state index in [0.29, 0.717) is 25.3 Å². The lowest BCUT2D eigenvalue weighted by Crippen LogP contribution is -2.67. The molecule has 6 nitrogen and oxygen atoms in total. The Kier molecular flexibility index (Phi) is 3.30. The van der Waals surface area contributed by atoms with Crippen LogP contribution in [0.25, 0.3) is 0 Å². The van der Waals surface area contributed by atoms with Crippen LogP contribution in [0.15, 0.2) is 12.1 Å². The van der Waals surface area contributed by atoms with E-state index in [0.717, 1.165) is 25.0 Å². The highest BCUT2D eigenvalue weighted by atomic mass is 16.6. The Balaban J connectivity index is 1.68. The van der Waals surface area contributed by atoms with E-state index in [1.54, 1.807) is 7.11 Å². The van der Waals surface area contributed by atoms with Crippen LogP contribution in [0.5, 0.6) is 11.5 Å². The van der Waals surface area contributed by atoms with Crippen molar-refractivity contribution in [2.75, 3.05) is 20.3 Å². The molecule has 6 heteroatoms. The second-order valence-corrected chi connectivity index (χ2v) is 7.69. The van der Waals surface area contributed by atoms with Gasteiger partial charge in [-0.3, -0.25) is 4.79 Å². The fourth-order valence-electron chi connectivity index (χ4n) is 5.91. The summed E-state index contributed by atoms with van der Waals surface area (Å²) in [6, 6.07) is 4.05.